The Morgan fingerprint density at radius 2 is 1.96 bits per heavy atom. The van der Waals surface area contributed by atoms with Gasteiger partial charge >= 0.3 is 11.8 Å². The second kappa shape index (κ2) is 7.16. The van der Waals surface area contributed by atoms with E-state index in [4.69, 9.17) is 0 Å². The Balaban J connectivity index is 1.65. The summed E-state index contributed by atoms with van der Waals surface area (Å²) in [4.78, 5) is 34.5. The first-order chi connectivity index (χ1) is 12.8. The van der Waals surface area contributed by atoms with Gasteiger partial charge in [0.15, 0.2) is 0 Å². The second-order valence-corrected chi connectivity index (χ2v) is 6.58. The largest absolute Gasteiger partial charge is 0.383 e. The first kappa shape index (κ1) is 18.5. The SMILES string of the molecule is Cc1ccc([N+](=O)[O-])cc1NC(=O)C(=O)NCC1(O)CCc2ccccc21. The van der Waals surface area contributed by atoms with Gasteiger partial charge in [0.2, 0.25) is 0 Å². The number of carbonyl (C=O) groups excluding carboxylic acids is 2. The molecule has 3 rings (SSSR count). The Kier molecular flexibility index (Phi) is 4.91. The number of nitrogens with zero attached hydrogens (tertiary/aromatic N) is 1. The quantitative estimate of drug-likeness (QED) is 0.431. The number of rotatable bonds is 4. The highest BCUT2D eigenvalue weighted by Crippen LogP contribution is 2.36. The van der Waals surface area contributed by atoms with Crippen molar-refractivity contribution < 1.29 is 19.6 Å². The summed E-state index contributed by atoms with van der Waals surface area (Å²) in [5.74, 6) is -1.87. The number of benzene rings is 2. The van der Waals surface area contributed by atoms with E-state index in [0.29, 0.717) is 18.4 Å². The Hall–Kier alpha value is -3.26. The van der Waals surface area contributed by atoms with Crippen molar-refractivity contribution in [3.8, 4) is 0 Å². The van der Waals surface area contributed by atoms with E-state index in [1.54, 1.807) is 13.0 Å². The smallest absolute Gasteiger partial charge is 0.313 e. The topological polar surface area (TPSA) is 122 Å². The lowest BCUT2D eigenvalue weighted by molar-refractivity contribution is -0.384. The first-order valence-electron chi connectivity index (χ1n) is 8.45. The number of aryl methyl sites for hydroxylation is 2. The standard InChI is InChI=1S/C19H19N3O5/c1-12-6-7-14(22(26)27)10-16(12)21-18(24)17(23)20-11-19(25)9-8-13-4-2-3-5-15(13)19/h2-7,10,25H,8-9,11H2,1H3,(H,20,23)(H,21,24). The predicted octanol–water partition coefficient (Wildman–Crippen LogP) is 1.79. The van der Waals surface area contributed by atoms with Gasteiger partial charge in [-0.2, -0.15) is 0 Å². The minimum absolute atomic E-state index is 0.0931. The molecule has 0 radical (unpaired) electrons. The molecule has 0 spiro atoms. The van der Waals surface area contributed by atoms with Gasteiger partial charge in [0.1, 0.15) is 5.60 Å². The second-order valence-electron chi connectivity index (χ2n) is 6.58. The molecule has 8 heteroatoms. The van der Waals surface area contributed by atoms with Crippen LogP contribution in [0.5, 0.6) is 0 Å². The van der Waals surface area contributed by atoms with E-state index in [0.717, 1.165) is 11.1 Å². The molecular weight excluding hydrogens is 350 g/mol. The molecule has 27 heavy (non-hydrogen) atoms. The molecule has 0 saturated heterocycles. The molecule has 1 unspecified atom stereocenters. The molecule has 0 aromatic heterocycles. The normalized spacial score (nSPS) is 17.9. The highest BCUT2D eigenvalue weighted by Gasteiger charge is 2.37. The van der Waals surface area contributed by atoms with Crippen LogP contribution in [-0.2, 0) is 21.6 Å². The predicted molar refractivity (Wildman–Crippen MR) is 98.1 cm³/mol. The van der Waals surface area contributed by atoms with E-state index in [1.165, 1.54) is 18.2 Å². The molecule has 1 aliphatic rings. The zero-order valence-corrected chi connectivity index (χ0v) is 14.7. The number of non-ortho nitro benzene ring substituents is 1. The van der Waals surface area contributed by atoms with E-state index in [1.807, 2.05) is 18.2 Å². The number of nitro groups is 1. The first-order valence-corrected chi connectivity index (χ1v) is 8.45. The number of anilines is 1. The molecule has 8 nitrogen and oxygen atoms in total. The van der Waals surface area contributed by atoms with Crippen LogP contribution in [0.25, 0.3) is 0 Å². The van der Waals surface area contributed by atoms with Crippen molar-refractivity contribution in [1.82, 2.24) is 5.32 Å². The fourth-order valence-electron chi connectivity index (χ4n) is 3.20. The third-order valence-electron chi connectivity index (χ3n) is 4.75. The van der Waals surface area contributed by atoms with Gasteiger partial charge in [0.25, 0.3) is 5.69 Å². The molecule has 1 atom stereocenters. The van der Waals surface area contributed by atoms with Gasteiger partial charge in [-0.25, -0.2) is 0 Å². The number of nitro benzene ring substituents is 1. The van der Waals surface area contributed by atoms with Gasteiger partial charge in [0, 0.05) is 12.1 Å². The van der Waals surface area contributed by atoms with Crippen LogP contribution in [0, 0.1) is 17.0 Å². The number of aliphatic hydroxyl groups is 1. The van der Waals surface area contributed by atoms with Gasteiger partial charge in [0.05, 0.1) is 17.2 Å². The zero-order valence-electron chi connectivity index (χ0n) is 14.7. The van der Waals surface area contributed by atoms with Crippen molar-refractivity contribution in [2.75, 3.05) is 11.9 Å². The van der Waals surface area contributed by atoms with Crippen LogP contribution in [-0.4, -0.2) is 28.4 Å². The number of amides is 2. The Morgan fingerprint density at radius 1 is 1.22 bits per heavy atom. The molecule has 1 aliphatic carbocycles. The van der Waals surface area contributed by atoms with Crippen LogP contribution >= 0.6 is 0 Å². The molecule has 2 aromatic carbocycles. The number of nitrogens with one attached hydrogen (secondary N) is 2. The van der Waals surface area contributed by atoms with E-state index in [-0.39, 0.29) is 17.9 Å². The van der Waals surface area contributed by atoms with E-state index in [9.17, 15) is 24.8 Å². The maximum absolute atomic E-state index is 12.1. The van der Waals surface area contributed by atoms with Crippen LogP contribution in [0.1, 0.15) is 23.1 Å². The van der Waals surface area contributed by atoms with Crippen molar-refractivity contribution in [3.05, 3.63) is 69.3 Å². The van der Waals surface area contributed by atoms with Crippen molar-refractivity contribution in [2.24, 2.45) is 0 Å². The highest BCUT2D eigenvalue weighted by molar-refractivity contribution is 6.39. The summed E-state index contributed by atoms with van der Waals surface area (Å²) in [6.07, 6.45) is 1.15. The molecule has 0 aliphatic heterocycles. The molecule has 0 saturated carbocycles. The fourth-order valence-corrected chi connectivity index (χ4v) is 3.20. The number of fused-ring (bicyclic) bond motifs is 1. The monoisotopic (exact) mass is 369 g/mol. The molecule has 2 amide bonds. The number of hydrogen-bond donors (Lipinski definition) is 3. The van der Waals surface area contributed by atoms with Crippen molar-refractivity contribution in [1.29, 1.82) is 0 Å². The summed E-state index contributed by atoms with van der Waals surface area (Å²) in [6, 6.07) is 11.4. The third kappa shape index (κ3) is 3.80. The Labute approximate surface area is 155 Å². The van der Waals surface area contributed by atoms with Crippen LogP contribution in [0.15, 0.2) is 42.5 Å². The molecule has 2 aromatic rings. The maximum atomic E-state index is 12.1. The molecule has 0 fully saturated rings. The van der Waals surface area contributed by atoms with E-state index >= 15 is 0 Å². The summed E-state index contributed by atoms with van der Waals surface area (Å²) < 4.78 is 0. The maximum Gasteiger partial charge on any atom is 0.313 e. The molecule has 3 N–H and O–H groups in total. The Bertz CT molecular complexity index is 927. The van der Waals surface area contributed by atoms with Gasteiger partial charge in [-0.1, -0.05) is 30.3 Å². The molecule has 0 heterocycles. The lowest BCUT2D eigenvalue weighted by Gasteiger charge is -2.24. The summed E-state index contributed by atoms with van der Waals surface area (Å²) in [7, 11) is 0. The minimum Gasteiger partial charge on any atom is -0.383 e. The summed E-state index contributed by atoms with van der Waals surface area (Å²) >= 11 is 0. The summed E-state index contributed by atoms with van der Waals surface area (Å²) in [6.45, 7) is 1.57. The van der Waals surface area contributed by atoms with E-state index < -0.39 is 22.3 Å². The summed E-state index contributed by atoms with van der Waals surface area (Å²) in [5.41, 5.74) is 1.15. The van der Waals surface area contributed by atoms with Crippen LogP contribution in [0.4, 0.5) is 11.4 Å². The highest BCUT2D eigenvalue weighted by atomic mass is 16.6. The number of carbonyl (C=O) groups is 2. The lowest BCUT2D eigenvalue weighted by atomic mass is 9.96. The minimum atomic E-state index is -1.21. The van der Waals surface area contributed by atoms with Crippen LogP contribution in [0.2, 0.25) is 0 Å². The average molecular weight is 369 g/mol. The van der Waals surface area contributed by atoms with Crippen molar-refractivity contribution in [3.63, 3.8) is 0 Å². The summed E-state index contributed by atoms with van der Waals surface area (Å²) in [5, 5.41) is 26.5. The number of hydrogen-bond acceptors (Lipinski definition) is 5. The van der Waals surface area contributed by atoms with Crippen LogP contribution < -0.4 is 10.6 Å². The molecule has 0 bridgehead atoms. The third-order valence-corrected chi connectivity index (χ3v) is 4.75. The lowest BCUT2D eigenvalue weighted by Crippen LogP contribution is -2.43. The molecular formula is C19H19N3O5. The zero-order chi connectivity index (χ0) is 19.6. The van der Waals surface area contributed by atoms with Gasteiger partial charge in [-0.15, -0.1) is 0 Å². The van der Waals surface area contributed by atoms with Gasteiger partial charge in [-0.3, -0.25) is 19.7 Å². The van der Waals surface area contributed by atoms with Crippen molar-refractivity contribution >= 4 is 23.2 Å². The fraction of sp³-hybridized carbons (Fsp3) is 0.263. The Morgan fingerprint density at radius 3 is 2.70 bits per heavy atom. The average Bonchev–Trinajstić information content (AvgIpc) is 2.99. The molecule has 140 valence electrons. The van der Waals surface area contributed by atoms with Crippen LogP contribution in [0.3, 0.4) is 0 Å². The van der Waals surface area contributed by atoms with Gasteiger partial charge < -0.3 is 15.7 Å². The van der Waals surface area contributed by atoms with Gasteiger partial charge in [-0.05, 0) is 36.5 Å². The van der Waals surface area contributed by atoms with Crippen molar-refractivity contribution in [2.45, 2.75) is 25.4 Å². The van der Waals surface area contributed by atoms with E-state index in [2.05, 4.69) is 10.6 Å².